The van der Waals surface area contributed by atoms with Crippen molar-refractivity contribution in [3.8, 4) is 11.5 Å². The molecule has 242 valence electrons. The number of ether oxygens (including phenoxy) is 1. The summed E-state index contributed by atoms with van der Waals surface area (Å²) in [5, 5.41) is 10.4. The summed E-state index contributed by atoms with van der Waals surface area (Å²) < 4.78 is 23.7. The summed E-state index contributed by atoms with van der Waals surface area (Å²) in [7, 11) is -10.8. The van der Waals surface area contributed by atoms with Gasteiger partial charge in [-0.25, -0.2) is 0 Å². The van der Waals surface area contributed by atoms with Crippen molar-refractivity contribution >= 4 is 84.8 Å². The third kappa shape index (κ3) is 25.4. The van der Waals surface area contributed by atoms with E-state index in [1.54, 1.807) is 0 Å². The Bertz CT molecular complexity index is 997. The van der Waals surface area contributed by atoms with Gasteiger partial charge in [0.15, 0.2) is 0 Å². The van der Waals surface area contributed by atoms with Gasteiger partial charge in [-0.15, -0.1) is 0 Å². The van der Waals surface area contributed by atoms with Crippen molar-refractivity contribution in [2.75, 3.05) is 0 Å². The quantitative estimate of drug-likeness (QED) is 0.249. The molecule has 0 aliphatic carbocycles. The number of phosphoric acid groups is 2. The Morgan fingerprint density at radius 2 is 1.11 bits per heavy atom. The predicted octanol–water partition coefficient (Wildman–Crippen LogP) is 2.05. The smallest absolute Gasteiger partial charge is 0.822 e. The van der Waals surface area contributed by atoms with Crippen molar-refractivity contribution in [1.29, 1.82) is 0 Å². The first kappa shape index (κ1) is 52.2. The fourth-order valence-corrected chi connectivity index (χ4v) is 5.27. The van der Waals surface area contributed by atoms with Crippen LogP contribution in [0.3, 0.4) is 0 Å². The summed E-state index contributed by atoms with van der Waals surface area (Å²) in [4.78, 5) is 51.3. The van der Waals surface area contributed by atoms with E-state index >= 15 is 0 Å². The molecule has 0 radical (unpaired) electrons. The maximum absolute atomic E-state index is 10.4. The molecule has 10 nitrogen and oxygen atoms in total. The molecular weight excluding hydrogens is 643 g/mol. The fraction of sp³-hybridized carbons (Fsp3) is 0.793. The number of hydrogen-bond acceptors (Lipinski definition) is 10. The van der Waals surface area contributed by atoms with E-state index in [4.69, 9.17) is 43.2 Å². The van der Waals surface area contributed by atoms with E-state index in [9.17, 15) is 5.11 Å². The van der Waals surface area contributed by atoms with Crippen molar-refractivity contribution in [3.63, 3.8) is 0 Å². The van der Waals surface area contributed by atoms with Gasteiger partial charge in [-0.05, 0) is 87.8 Å². The summed E-state index contributed by atoms with van der Waals surface area (Å²) >= 11 is 0. The Hall–Kier alpha value is 1.34. The van der Waals surface area contributed by atoms with Crippen molar-refractivity contribution in [1.82, 2.24) is 0 Å². The molecule has 15 heteroatoms. The fourth-order valence-electron chi connectivity index (χ4n) is 5.27. The first-order valence-electron chi connectivity index (χ1n) is 14.5. The number of hydrogen-bond donors (Lipinski definition) is 1. The number of fused-ring (bicyclic) bond motifs is 1. The topological polar surface area (TPSA) is 202 Å². The van der Waals surface area contributed by atoms with Crippen LogP contribution in [0, 0.1) is 38.5 Å². The van der Waals surface area contributed by atoms with E-state index in [-0.39, 0.29) is 74.8 Å². The van der Waals surface area contributed by atoms with Crippen LogP contribution in [-0.4, -0.2) is 79.9 Å². The van der Waals surface area contributed by atoms with E-state index in [0.29, 0.717) is 5.75 Å². The SMILES string of the molecule is Cc1c(C)c2c(c(C)c1O)CC[C@@](C)(CCC[C@H](C)CCC[C@H](C)CCCC(C)C)O2.O=P([O-])([O-])[O-].O=P([O-])([O-])[O-].[Mg+2].[Mg+2].[Mg+2]. The zero-order valence-electron chi connectivity index (χ0n) is 28.1. The van der Waals surface area contributed by atoms with Gasteiger partial charge in [0, 0.05) is 5.56 Å². The molecule has 0 fully saturated rings. The minimum absolute atomic E-state index is 0. The van der Waals surface area contributed by atoms with Gasteiger partial charge < -0.3 is 48.3 Å². The van der Waals surface area contributed by atoms with Gasteiger partial charge >= 0.3 is 69.2 Å². The average molecular weight is 694 g/mol. The van der Waals surface area contributed by atoms with Gasteiger partial charge in [0.1, 0.15) is 17.1 Å². The molecule has 1 aromatic rings. The van der Waals surface area contributed by atoms with Crippen LogP contribution >= 0.6 is 15.6 Å². The number of benzene rings is 1. The van der Waals surface area contributed by atoms with Crippen LogP contribution in [0.25, 0.3) is 0 Å². The first-order chi connectivity index (χ1) is 18.5. The second kappa shape index (κ2) is 24.5. The van der Waals surface area contributed by atoms with E-state index in [1.165, 1.54) is 56.9 Å². The maximum Gasteiger partial charge on any atom is 2.00 e. The normalized spacial score (nSPS) is 17.1. The van der Waals surface area contributed by atoms with Crippen LogP contribution in [0.15, 0.2) is 0 Å². The monoisotopic (exact) mass is 692 g/mol. The number of phenols is 1. The second-order valence-corrected chi connectivity index (χ2v) is 14.1. The second-order valence-electron chi connectivity index (χ2n) is 12.3. The Morgan fingerprint density at radius 1 is 0.727 bits per heavy atom. The molecule has 0 amide bonds. The van der Waals surface area contributed by atoms with Gasteiger partial charge in [-0.3, -0.25) is 0 Å². The molecule has 0 spiro atoms. The Labute approximate surface area is 313 Å². The molecule has 0 bridgehead atoms. The molecule has 0 unspecified atom stereocenters. The van der Waals surface area contributed by atoms with Crippen molar-refractivity contribution in [3.05, 3.63) is 22.3 Å². The summed E-state index contributed by atoms with van der Waals surface area (Å²) in [6.45, 7) is 17.9. The minimum atomic E-state index is -5.39. The van der Waals surface area contributed by atoms with Crippen LogP contribution in [0.4, 0.5) is 0 Å². The van der Waals surface area contributed by atoms with Crippen molar-refractivity contribution in [2.45, 2.75) is 132 Å². The average Bonchev–Trinajstić information content (AvgIpc) is 2.79. The maximum atomic E-state index is 10.4. The summed E-state index contributed by atoms with van der Waals surface area (Å²) in [5.74, 6) is 4.04. The van der Waals surface area contributed by atoms with E-state index in [2.05, 4.69) is 41.5 Å². The van der Waals surface area contributed by atoms with Gasteiger partial charge in [0.2, 0.25) is 0 Å². The van der Waals surface area contributed by atoms with Gasteiger partial charge in [0.25, 0.3) is 0 Å². The molecule has 0 aromatic heterocycles. The zero-order valence-corrected chi connectivity index (χ0v) is 34.2. The third-order valence-electron chi connectivity index (χ3n) is 7.87. The molecule has 1 aromatic carbocycles. The van der Waals surface area contributed by atoms with Crippen LogP contribution in [0.5, 0.6) is 11.5 Å². The molecule has 44 heavy (non-hydrogen) atoms. The Balaban J connectivity index is -0.000000533. The van der Waals surface area contributed by atoms with Gasteiger partial charge in [-0.2, -0.15) is 15.6 Å². The van der Waals surface area contributed by atoms with Crippen LogP contribution < -0.4 is 34.1 Å². The predicted molar refractivity (Wildman–Crippen MR) is 167 cm³/mol. The largest absolute Gasteiger partial charge is 2.00 e. The molecule has 1 aliphatic rings. The van der Waals surface area contributed by atoms with E-state index < -0.39 is 15.6 Å². The van der Waals surface area contributed by atoms with Crippen LogP contribution in [0.1, 0.15) is 121 Å². The Kier molecular flexibility index (Phi) is 29.0. The molecular formula is C29H50Mg3O10P2. The van der Waals surface area contributed by atoms with E-state index in [0.717, 1.165) is 59.5 Å². The summed E-state index contributed by atoms with van der Waals surface area (Å²) in [5.41, 5.74) is 4.23. The molecule has 3 atom stereocenters. The molecule has 1 aliphatic heterocycles. The van der Waals surface area contributed by atoms with Crippen molar-refractivity contribution < 1.29 is 48.3 Å². The number of phenolic OH excluding ortho intramolecular Hbond substituents is 1. The van der Waals surface area contributed by atoms with Crippen LogP contribution in [-0.2, 0) is 15.6 Å². The van der Waals surface area contributed by atoms with Crippen molar-refractivity contribution in [2.24, 2.45) is 17.8 Å². The molecule has 2 rings (SSSR count). The van der Waals surface area contributed by atoms with Gasteiger partial charge in [0.05, 0.1) is 0 Å². The summed E-state index contributed by atoms with van der Waals surface area (Å²) in [6, 6.07) is 0. The minimum Gasteiger partial charge on any atom is -0.822 e. The third-order valence-corrected chi connectivity index (χ3v) is 7.87. The molecule has 0 saturated carbocycles. The standard InChI is InChI=1S/C29H50O2.3Mg.2H3O4P/c1-20(2)12-9-13-21(3)14-10-15-22(4)16-11-18-29(8)19-17-26-25(7)27(30)23(5)24(6)28(26)31-29;;;;2*1-5(2,3)4/h20-22,30H,9-19H2,1-8H3;;;;2*(H3,1,2,3,4)/q;3*+2;;/p-6/t21-,22-,29-;;;;;/m1...../s1. The molecule has 1 N–H and O–H groups in total. The van der Waals surface area contributed by atoms with Crippen LogP contribution in [0.2, 0.25) is 0 Å². The number of rotatable bonds is 12. The number of aromatic hydroxyl groups is 1. The zero-order chi connectivity index (χ0) is 32.2. The van der Waals surface area contributed by atoms with Gasteiger partial charge in [-0.1, -0.05) is 72.6 Å². The summed E-state index contributed by atoms with van der Waals surface area (Å²) in [6.07, 6.45) is 14.1. The first-order valence-corrected chi connectivity index (χ1v) is 17.4. The molecule has 1 heterocycles. The van der Waals surface area contributed by atoms with E-state index in [1.807, 2.05) is 13.8 Å². The molecule has 0 saturated heterocycles. The Morgan fingerprint density at radius 3 is 1.52 bits per heavy atom.